The molecule has 0 fully saturated rings. The van der Waals surface area contributed by atoms with E-state index in [-0.39, 0.29) is 5.91 Å². The van der Waals surface area contributed by atoms with Crippen LogP contribution in [0.15, 0.2) is 16.6 Å². The van der Waals surface area contributed by atoms with Gasteiger partial charge in [0.05, 0.1) is 16.3 Å². The fourth-order valence-electron chi connectivity index (χ4n) is 0.890. The number of amides is 1. The average molecular weight is 212 g/mol. The Balaban J connectivity index is 2.73. The van der Waals surface area contributed by atoms with E-state index < -0.39 is 0 Å². The zero-order chi connectivity index (χ0) is 10.6. The third-order valence-electron chi connectivity index (χ3n) is 1.71. The molecule has 0 atom stereocenters. The minimum Gasteiger partial charge on any atom is -0.411 e. The third-order valence-corrected chi connectivity index (χ3v) is 2.75. The number of hydrogen-bond donors (Lipinski definition) is 2. The molecule has 5 heteroatoms. The number of rotatable bonds is 3. The van der Waals surface area contributed by atoms with Gasteiger partial charge in [-0.05, 0) is 13.0 Å². The normalized spacial score (nSPS) is 11.4. The summed E-state index contributed by atoms with van der Waals surface area (Å²) >= 11 is 1.43. The van der Waals surface area contributed by atoms with Crippen LogP contribution >= 0.6 is 11.3 Å². The van der Waals surface area contributed by atoms with Gasteiger partial charge >= 0.3 is 0 Å². The van der Waals surface area contributed by atoms with E-state index in [1.807, 2.05) is 5.38 Å². The SMILES string of the molecule is CCC(=O)Nc1csc(C(C)=NO)c1. The van der Waals surface area contributed by atoms with Gasteiger partial charge in [-0.15, -0.1) is 11.3 Å². The third kappa shape index (κ3) is 2.56. The van der Waals surface area contributed by atoms with E-state index in [2.05, 4.69) is 10.5 Å². The molecule has 0 unspecified atom stereocenters. The molecular formula is C9H12N2O2S. The molecule has 0 aliphatic heterocycles. The number of oxime groups is 1. The van der Waals surface area contributed by atoms with Crippen LogP contribution in [0.5, 0.6) is 0 Å². The summed E-state index contributed by atoms with van der Waals surface area (Å²) in [5.74, 6) is -0.0204. The summed E-state index contributed by atoms with van der Waals surface area (Å²) in [6, 6.07) is 1.78. The molecular weight excluding hydrogens is 200 g/mol. The second-order valence-corrected chi connectivity index (χ2v) is 3.70. The lowest BCUT2D eigenvalue weighted by Gasteiger charge is -1.97. The topological polar surface area (TPSA) is 61.7 Å². The number of nitrogens with one attached hydrogen (secondary N) is 1. The van der Waals surface area contributed by atoms with E-state index in [0.717, 1.165) is 10.6 Å². The summed E-state index contributed by atoms with van der Waals surface area (Å²) < 4.78 is 0. The molecule has 0 aliphatic carbocycles. The second-order valence-electron chi connectivity index (χ2n) is 2.79. The Morgan fingerprint density at radius 3 is 3.00 bits per heavy atom. The van der Waals surface area contributed by atoms with Gasteiger partial charge in [0, 0.05) is 11.8 Å². The molecule has 0 bridgehead atoms. The van der Waals surface area contributed by atoms with Crippen molar-refractivity contribution in [3.63, 3.8) is 0 Å². The molecule has 0 aromatic carbocycles. The highest BCUT2D eigenvalue weighted by Crippen LogP contribution is 2.20. The van der Waals surface area contributed by atoms with Crippen molar-refractivity contribution < 1.29 is 10.0 Å². The van der Waals surface area contributed by atoms with Crippen LogP contribution in [-0.2, 0) is 4.79 Å². The van der Waals surface area contributed by atoms with Crippen molar-refractivity contribution in [2.24, 2.45) is 5.16 Å². The lowest BCUT2D eigenvalue weighted by atomic mass is 10.3. The van der Waals surface area contributed by atoms with Crippen molar-refractivity contribution in [3.05, 3.63) is 16.3 Å². The van der Waals surface area contributed by atoms with Crippen LogP contribution in [0.25, 0.3) is 0 Å². The second kappa shape index (κ2) is 4.76. The van der Waals surface area contributed by atoms with E-state index in [1.165, 1.54) is 11.3 Å². The molecule has 4 nitrogen and oxygen atoms in total. The molecule has 0 aliphatic rings. The molecule has 1 rings (SSSR count). The predicted octanol–water partition coefficient (Wildman–Crippen LogP) is 2.29. The quantitative estimate of drug-likeness (QED) is 0.459. The van der Waals surface area contributed by atoms with Crippen LogP contribution in [0, 0.1) is 0 Å². The maximum atomic E-state index is 11.0. The lowest BCUT2D eigenvalue weighted by molar-refractivity contribution is -0.115. The van der Waals surface area contributed by atoms with Crippen molar-refractivity contribution >= 4 is 28.6 Å². The standard InChI is InChI=1S/C9H12N2O2S/c1-3-9(12)10-7-4-8(14-5-7)6(2)11-13/h4-5,13H,3H2,1-2H3,(H,10,12). The van der Waals surface area contributed by atoms with Crippen LogP contribution in [0.4, 0.5) is 5.69 Å². The summed E-state index contributed by atoms with van der Waals surface area (Å²) in [7, 11) is 0. The number of hydrogen-bond acceptors (Lipinski definition) is 4. The first kappa shape index (κ1) is 10.7. The van der Waals surface area contributed by atoms with Gasteiger partial charge in [0.1, 0.15) is 0 Å². The van der Waals surface area contributed by atoms with Gasteiger partial charge in [-0.25, -0.2) is 0 Å². The summed E-state index contributed by atoms with van der Waals surface area (Å²) in [4.78, 5) is 11.9. The van der Waals surface area contributed by atoms with Crippen molar-refractivity contribution in [2.75, 3.05) is 5.32 Å². The monoisotopic (exact) mass is 212 g/mol. The molecule has 1 heterocycles. The highest BCUT2D eigenvalue weighted by molar-refractivity contribution is 7.12. The van der Waals surface area contributed by atoms with Gasteiger partial charge in [0.25, 0.3) is 0 Å². The molecule has 76 valence electrons. The van der Waals surface area contributed by atoms with E-state index >= 15 is 0 Å². The maximum Gasteiger partial charge on any atom is 0.224 e. The Morgan fingerprint density at radius 1 is 1.71 bits per heavy atom. The van der Waals surface area contributed by atoms with E-state index in [9.17, 15) is 4.79 Å². The van der Waals surface area contributed by atoms with Crippen LogP contribution in [0.3, 0.4) is 0 Å². The van der Waals surface area contributed by atoms with Gasteiger partial charge in [-0.2, -0.15) is 0 Å². The first-order valence-electron chi connectivity index (χ1n) is 4.24. The van der Waals surface area contributed by atoms with Crippen molar-refractivity contribution in [1.29, 1.82) is 0 Å². The fraction of sp³-hybridized carbons (Fsp3) is 0.333. The zero-order valence-electron chi connectivity index (χ0n) is 8.07. The van der Waals surface area contributed by atoms with Gasteiger partial charge in [0.2, 0.25) is 5.91 Å². The van der Waals surface area contributed by atoms with Crippen LogP contribution in [0.2, 0.25) is 0 Å². The van der Waals surface area contributed by atoms with Crippen LogP contribution < -0.4 is 5.32 Å². The van der Waals surface area contributed by atoms with Gasteiger partial charge < -0.3 is 10.5 Å². The summed E-state index contributed by atoms with van der Waals surface area (Å²) in [5, 5.41) is 16.2. The fourth-order valence-corrected chi connectivity index (χ4v) is 1.68. The first-order chi connectivity index (χ1) is 6.67. The van der Waals surface area contributed by atoms with E-state index in [4.69, 9.17) is 5.21 Å². The first-order valence-corrected chi connectivity index (χ1v) is 5.12. The average Bonchev–Trinajstić information content (AvgIpc) is 2.65. The molecule has 1 aromatic rings. The minimum absolute atomic E-state index is 0.0204. The van der Waals surface area contributed by atoms with E-state index in [0.29, 0.717) is 12.1 Å². The molecule has 14 heavy (non-hydrogen) atoms. The Bertz CT molecular complexity index is 357. The van der Waals surface area contributed by atoms with Crippen molar-refractivity contribution in [2.45, 2.75) is 20.3 Å². The van der Waals surface area contributed by atoms with Gasteiger partial charge in [-0.1, -0.05) is 12.1 Å². The van der Waals surface area contributed by atoms with Gasteiger partial charge in [0.15, 0.2) is 0 Å². The lowest BCUT2D eigenvalue weighted by Crippen LogP contribution is -2.08. The molecule has 0 spiro atoms. The van der Waals surface area contributed by atoms with E-state index in [1.54, 1.807) is 19.9 Å². The predicted molar refractivity (Wildman–Crippen MR) is 57.2 cm³/mol. The molecule has 0 saturated carbocycles. The highest BCUT2D eigenvalue weighted by atomic mass is 32.1. The molecule has 0 saturated heterocycles. The number of nitrogens with zero attached hydrogens (tertiary/aromatic N) is 1. The molecule has 2 N–H and O–H groups in total. The van der Waals surface area contributed by atoms with Crippen LogP contribution in [-0.4, -0.2) is 16.8 Å². The Kier molecular flexibility index (Phi) is 3.64. The van der Waals surface area contributed by atoms with Crippen molar-refractivity contribution in [1.82, 2.24) is 0 Å². The summed E-state index contributed by atoms with van der Waals surface area (Å²) in [5.41, 5.74) is 1.30. The summed E-state index contributed by atoms with van der Waals surface area (Å²) in [6.07, 6.45) is 0.457. The maximum absolute atomic E-state index is 11.0. The Labute approximate surface area is 86.3 Å². The minimum atomic E-state index is -0.0204. The summed E-state index contributed by atoms with van der Waals surface area (Å²) in [6.45, 7) is 3.50. The largest absolute Gasteiger partial charge is 0.411 e. The number of anilines is 1. The number of thiophene rings is 1. The Hall–Kier alpha value is -1.36. The molecule has 1 aromatic heterocycles. The van der Waals surface area contributed by atoms with Gasteiger partial charge in [-0.3, -0.25) is 4.79 Å². The highest BCUT2D eigenvalue weighted by Gasteiger charge is 2.04. The van der Waals surface area contributed by atoms with Crippen molar-refractivity contribution in [3.8, 4) is 0 Å². The number of carbonyl (C=O) groups excluding carboxylic acids is 1. The zero-order valence-corrected chi connectivity index (χ0v) is 8.89. The number of carbonyl (C=O) groups is 1. The smallest absolute Gasteiger partial charge is 0.224 e. The van der Waals surface area contributed by atoms with Crippen LogP contribution in [0.1, 0.15) is 25.1 Å². The molecule has 1 amide bonds. The molecule has 0 radical (unpaired) electrons. The Morgan fingerprint density at radius 2 is 2.43 bits per heavy atom.